The number of sulfonamides is 1. The van der Waals surface area contributed by atoms with Crippen LogP contribution in [0.2, 0.25) is 0 Å². The van der Waals surface area contributed by atoms with E-state index in [1.807, 2.05) is 6.20 Å². The molecule has 0 bridgehead atoms. The molecule has 0 amide bonds. The van der Waals surface area contributed by atoms with Crippen molar-refractivity contribution >= 4 is 27.3 Å². The molecule has 0 saturated carbocycles. The van der Waals surface area contributed by atoms with Gasteiger partial charge in [-0.3, -0.25) is 5.10 Å². The summed E-state index contributed by atoms with van der Waals surface area (Å²) in [6.07, 6.45) is 10.3. The molecule has 11 nitrogen and oxygen atoms in total. The van der Waals surface area contributed by atoms with Crippen LogP contribution in [0.3, 0.4) is 0 Å². The molecule has 160 valence electrons. The van der Waals surface area contributed by atoms with E-state index in [4.69, 9.17) is 4.98 Å². The van der Waals surface area contributed by atoms with Gasteiger partial charge in [-0.1, -0.05) is 0 Å². The van der Waals surface area contributed by atoms with Crippen molar-refractivity contribution in [2.75, 3.05) is 42.7 Å². The SMILES string of the molecule is CS(=O)(=O)N1CCC(Nc2nc3c(N4CCCC4)c(-c4cn[nH]c4)ncn3n2)CC1. The molecule has 0 unspecified atom stereocenters. The van der Waals surface area contributed by atoms with Crippen molar-refractivity contribution in [2.24, 2.45) is 0 Å². The molecular formula is C18H25N9O2S. The molecule has 30 heavy (non-hydrogen) atoms. The Bertz CT molecular complexity index is 1130. The van der Waals surface area contributed by atoms with Gasteiger partial charge in [-0.25, -0.2) is 17.7 Å². The number of rotatable bonds is 5. The molecule has 0 radical (unpaired) electrons. The highest BCUT2D eigenvalue weighted by Gasteiger charge is 2.27. The van der Waals surface area contributed by atoms with Gasteiger partial charge in [0, 0.05) is 44.0 Å². The fourth-order valence-electron chi connectivity index (χ4n) is 4.24. The zero-order valence-corrected chi connectivity index (χ0v) is 17.6. The van der Waals surface area contributed by atoms with E-state index >= 15 is 0 Å². The molecule has 0 spiro atoms. The van der Waals surface area contributed by atoms with Crippen LogP contribution in [0, 0.1) is 0 Å². The van der Waals surface area contributed by atoms with E-state index in [9.17, 15) is 8.42 Å². The number of nitrogens with zero attached hydrogens (tertiary/aromatic N) is 7. The lowest BCUT2D eigenvalue weighted by atomic mass is 10.1. The summed E-state index contributed by atoms with van der Waals surface area (Å²) in [6, 6.07) is 0.136. The lowest BCUT2D eigenvalue weighted by Gasteiger charge is -2.30. The summed E-state index contributed by atoms with van der Waals surface area (Å²) < 4.78 is 26.7. The highest BCUT2D eigenvalue weighted by Crippen LogP contribution is 2.34. The van der Waals surface area contributed by atoms with Crippen molar-refractivity contribution in [2.45, 2.75) is 31.7 Å². The number of hydrogen-bond donors (Lipinski definition) is 2. The van der Waals surface area contributed by atoms with Crippen molar-refractivity contribution in [1.82, 2.24) is 34.1 Å². The van der Waals surface area contributed by atoms with E-state index < -0.39 is 10.0 Å². The van der Waals surface area contributed by atoms with Crippen LogP contribution in [-0.4, -0.2) is 81.0 Å². The van der Waals surface area contributed by atoms with Gasteiger partial charge in [0.25, 0.3) is 0 Å². The van der Waals surface area contributed by atoms with Gasteiger partial charge in [0.2, 0.25) is 16.0 Å². The van der Waals surface area contributed by atoms with Crippen LogP contribution in [0.5, 0.6) is 0 Å². The van der Waals surface area contributed by atoms with Gasteiger partial charge in [-0.2, -0.15) is 14.6 Å². The Morgan fingerprint density at radius 2 is 1.93 bits per heavy atom. The fraction of sp³-hybridized carbons (Fsp3) is 0.556. The second kappa shape index (κ2) is 7.51. The highest BCUT2D eigenvalue weighted by atomic mass is 32.2. The molecule has 2 fully saturated rings. The van der Waals surface area contributed by atoms with Gasteiger partial charge in [-0.05, 0) is 25.7 Å². The second-order valence-corrected chi connectivity index (χ2v) is 9.89. The van der Waals surface area contributed by atoms with Crippen molar-refractivity contribution in [3.63, 3.8) is 0 Å². The molecule has 5 heterocycles. The van der Waals surface area contributed by atoms with Crippen LogP contribution in [0.25, 0.3) is 16.9 Å². The smallest absolute Gasteiger partial charge is 0.243 e. The minimum Gasteiger partial charge on any atom is -0.367 e. The van der Waals surface area contributed by atoms with Crippen molar-refractivity contribution in [3.8, 4) is 11.3 Å². The molecule has 0 atom stereocenters. The van der Waals surface area contributed by atoms with Gasteiger partial charge in [0.1, 0.15) is 17.7 Å². The quantitative estimate of drug-likeness (QED) is 0.612. The minimum atomic E-state index is -3.14. The first-order chi connectivity index (χ1) is 14.5. The summed E-state index contributed by atoms with van der Waals surface area (Å²) in [5, 5.41) is 14.9. The zero-order chi connectivity index (χ0) is 20.7. The summed E-state index contributed by atoms with van der Waals surface area (Å²) >= 11 is 0. The van der Waals surface area contributed by atoms with Gasteiger partial charge < -0.3 is 10.2 Å². The predicted molar refractivity (Wildman–Crippen MR) is 113 cm³/mol. The summed E-state index contributed by atoms with van der Waals surface area (Å²) in [5.74, 6) is 0.541. The molecule has 12 heteroatoms. The van der Waals surface area contributed by atoms with Gasteiger partial charge in [0.05, 0.1) is 12.5 Å². The van der Waals surface area contributed by atoms with E-state index in [0.29, 0.717) is 19.0 Å². The first-order valence-electron chi connectivity index (χ1n) is 10.2. The van der Waals surface area contributed by atoms with Gasteiger partial charge in [-0.15, -0.1) is 5.10 Å². The average molecular weight is 432 g/mol. The molecule has 3 aromatic heterocycles. The maximum atomic E-state index is 11.7. The summed E-state index contributed by atoms with van der Waals surface area (Å²) in [6.45, 7) is 2.95. The van der Waals surface area contributed by atoms with E-state index in [1.54, 1.807) is 17.0 Å². The third-order valence-electron chi connectivity index (χ3n) is 5.81. The highest BCUT2D eigenvalue weighted by molar-refractivity contribution is 7.88. The zero-order valence-electron chi connectivity index (χ0n) is 16.8. The maximum Gasteiger partial charge on any atom is 0.243 e. The molecule has 5 rings (SSSR count). The first-order valence-corrected chi connectivity index (χ1v) is 12.0. The van der Waals surface area contributed by atoms with Crippen LogP contribution in [0.1, 0.15) is 25.7 Å². The van der Waals surface area contributed by atoms with E-state index in [2.05, 4.69) is 30.5 Å². The number of aromatic nitrogens is 6. The standard InChI is InChI=1S/C18H25N9O2S/c1-30(28,29)26-8-4-14(5-9-26)22-18-23-17-16(25-6-2-3-7-25)15(13-10-20-21-11-13)19-12-27(17)24-18/h10-12,14H,2-9H2,1H3,(H,20,21)(H,22,24). The molecule has 3 aromatic rings. The van der Waals surface area contributed by atoms with Crippen LogP contribution in [-0.2, 0) is 10.0 Å². The summed E-state index contributed by atoms with van der Waals surface area (Å²) in [5.41, 5.74) is 3.51. The minimum absolute atomic E-state index is 0.136. The largest absolute Gasteiger partial charge is 0.367 e. The third-order valence-corrected chi connectivity index (χ3v) is 7.12. The van der Waals surface area contributed by atoms with Crippen molar-refractivity contribution in [3.05, 3.63) is 18.7 Å². The molecule has 2 aliphatic heterocycles. The van der Waals surface area contributed by atoms with Crippen molar-refractivity contribution in [1.29, 1.82) is 0 Å². The number of hydrogen-bond acceptors (Lipinski definition) is 8. The number of H-pyrrole nitrogens is 1. The van der Waals surface area contributed by atoms with Crippen LogP contribution >= 0.6 is 0 Å². The Hall–Kier alpha value is -2.73. The Labute approximate surface area is 174 Å². The number of aromatic amines is 1. The molecule has 0 aromatic carbocycles. The Balaban J connectivity index is 1.44. The Morgan fingerprint density at radius 3 is 2.60 bits per heavy atom. The summed E-state index contributed by atoms with van der Waals surface area (Å²) in [4.78, 5) is 11.7. The van der Waals surface area contributed by atoms with Gasteiger partial charge in [0.15, 0.2) is 5.65 Å². The van der Waals surface area contributed by atoms with Crippen LogP contribution < -0.4 is 10.2 Å². The second-order valence-electron chi connectivity index (χ2n) is 7.91. The van der Waals surface area contributed by atoms with E-state index in [0.717, 1.165) is 61.4 Å². The van der Waals surface area contributed by atoms with Crippen molar-refractivity contribution < 1.29 is 8.42 Å². The lowest BCUT2D eigenvalue weighted by molar-refractivity contribution is 0.331. The van der Waals surface area contributed by atoms with E-state index in [1.165, 1.54) is 10.6 Å². The van der Waals surface area contributed by atoms with Crippen LogP contribution in [0.4, 0.5) is 11.6 Å². The normalized spacial score (nSPS) is 19.0. The monoisotopic (exact) mass is 431 g/mol. The lowest BCUT2D eigenvalue weighted by Crippen LogP contribution is -2.41. The first kappa shape index (κ1) is 19.2. The maximum absolute atomic E-state index is 11.7. The third kappa shape index (κ3) is 3.60. The predicted octanol–water partition coefficient (Wildman–Crippen LogP) is 0.950. The average Bonchev–Trinajstić information content (AvgIpc) is 3.47. The van der Waals surface area contributed by atoms with Gasteiger partial charge >= 0.3 is 0 Å². The number of fused-ring (bicyclic) bond motifs is 1. The molecule has 2 N–H and O–H groups in total. The Morgan fingerprint density at radius 1 is 1.17 bits per heavy atom. The molecule has 2 saturated heterocycles. The molecular weight excluding hydrogens is 406 g/mol. The topological polar surface area (TPSA) is 124 Å². The molecule has 2 aliphatic rings. The van der Waals surface area contributed by atoms with Crippen LogP contribution in [0.15, 0.2) is 18.7 Å². The Kier molecular flexibility index (Phi) is 4.82. The summed E-state index contributed by atoms with van der Waals surface area (Å²) in [7, 11) is -3.14. The number of piperidine rings is 1. The fourth-order valence-corrected chi connectivity index (χ4v) is 5.12. The van der Waals surface area contributed by atoms with E-state index in [-0.39, 0.29) is 6.04 Å². The number of nitrogens with one attached hydrogen (secondary N) is 2. The number of anilines is 2. The molecule has 0 aliphatic carbocycles.